The highest BCUT2D eigenvalue weighted by molar-refractivity contribution is 7.98. The SMILES string of the molecule is CSc1ccccc1C(=O)c1ccc(C)nc1. The van der Waals surface area contributed by atoms with Gasteiger partial charge in [0.15, 0.2) is 5.78 Å². The molecule has 3 heteroatoms. The van der Waals surface area contributed by atoms with Crippen LogP contribution in [0.15, 0.2) is 47.5 Å². The van der Waals surface area contributed by atoms with Gasteiger partial charge < -0.3 is 0 Å². The first-order chi connectivity index (χ1) is 8.22. The number of pyridine rings is 1. The monoisotopic (exact) mass is 243 g/mol. The van der Waals surface area contributed by atoms with E-state index in [1.165, 1.54) is 0 Å². The van der Waals surface area contributed by atoms with Gasteiger partial charge in [0.25, 0.3) is 0 Å². The zero-order valence-corrected chi connectivity index (χ0v) is 10.6. The summed E-state index contributed by atoms with van der Waals surface area (Å²) in [4.78, 5) is 17.4. The highest BCUT2D eigenvalue weighted by Crippen LogP contribution is 2.22. The second kappa shape index (κ2) is 5.15. The molecule has 0 aliphatic heterocycles. The Morgan fingerprint density at radius 2 is 1.94 bits per heavy atom. The molecule has 0 aliphatic rings. The van der Waals surface area contributed by atoms with E-state index in [4.69, 9.17) is 0 Å². The number of nitrogens with zero attached hydrogens (tertiary/aromatic N) is 1. The second-order valence-electron chi connectivity index (χ2n) is 3.72. The Bertz CT molecular complexity index is 534. The first-order valence-corrected chi connectivity index (χ1v) is 6.55. The topological polar surface area (TPSA) is 30.0 Å². The number of rotatable bonds is 3. The largest absolute Gasteiger partial charge is 0.289 e. The Morgan fingerprint density at radius 1 is 1.18 bits per heavy atom. The smallest absolute Gasteiger partial charge is 0.195 e. The lowest BCUT2D eigenvalue weighted by molar-refractivity contribution is 0.103. The number of aromatic nitrogens is 1. The number of benzene rings is 1. The molecule has 0 radical (unpaired) electrons. The van der Waals surface area contributed by atoms with Crippen LogP contribution >= 0.6 is 11.8 Å². The molecule has 0 amide bonds. The van der Waals surface area contributed by atoms with Crippen molar-refractivity contribution < 1.29 is 4.79 Å². The summed E-state index contributed by atoms with van der Waals surface area (Å²) in [6, 6.07) is 11.3. The Morgan fingerprint density at radius 3 is 2.59 bits per heavy atom. The molecule has 1 aromatic carbocycles. The van der Waals surface area contributed by atoms with E-state index >= 15 is 0 Å². The number of aryl methyl sites for hydroxylation is 1. The summed E-state index contributed by atoms with van der Waals surface area (Å²) in [5, 5.41) is 0. The molecule has 0 spiro atoms. The fourth-order valence-electron chi connectivity index (χ4n) is 1.59. The number of carbonyl (C=O) groups is 1. The van der Waals surface area contributed by atoms with Crippen LogP contribution in [0.1, 0.15) is 21.6 Å². The van der Waals surface area contributed by atoms with Crippen molar-refractivity contribution in [2.45, 2.75) is 11.8 Å². The van der Waals surface area contributed by atoms with Crippen LogP contribution in [-0.2, 0) is 0 Å². The third-order valence-corrected chi connectivity index (χ3v) is 3.32. The summed E-state index contributed by atoms with van der Waals surface area (Å²) < 4.78 is 0. The van der Waals surface area contributed by atoms with Crippen LogP contribution in [0.3, 0.4) is 0 Å². The summed E-state index contributed by atoms with van der Waals surface area (Å²) >= 11 is 1.58. The molecular formula is C14H13NOS. The maximum Gasteiger partial charge on any atom is 0.195 e. The molecule has 1 heterocycles. The maximum atomic E-state index is 12.3. The van der Waals surface area contributed by atoms with Crippen LogP contribution in [0.2, 0.25) is 0 Å². The lowest BCUT2D eigenvalue weighted by Gasteiger charge is -2.05. The Balaban J connectivity index is 2.40. The number of thioether (sulfide) groups is 1. The third kappa shape index (κ3) is 2.56. The second-order valence-corrected chi connectivity index (χ2v) is 4.57. The van der Waals surface area contributed by atoms with Gasteiger partial charge in [0.1, 0.15) is 0 Å². The molecular weight excluding hydrogens is 230 g/mol. The van der Waals surface area contributed by atoms with Gasteiger partial charge in [-0.15, -0.1) is 11.8 Å². The first-order valence-electron chi connectivity index (χ1n) is 5.33. The molecule has 0 saturated carbocycles. The zero-order chi connectivity index (χ0) is 12.3. The van der Waals surface area contributed by atoms with E-state index < -0.39 is 0 Å². The van der Waals surface area contributed by atoms with Crippen molar-refractivity contribution in [2.24, 2.45) is 0 Å². The molecule has 0 N–H and O–H groups in total. The molecule has 0 bridgehead atoms. The van der Waals surface area contributed by atoms with E-state index in [0.29, 0.717) is 5.56 Å². The lowest BCUT2D eigenvalue weighted by Crippen LogP contribution is -2.03. The Labute approximate surface area is 105 Å². The fourth-order valence-corrected chi connectivity index (χ4v) is 2.19. The van der Waals surface area contributed by atoms with E-state index in [0.717, 1.165) is 16.2 Å². The molecule has 0 aliphatic carbocycles. The minimum Gasteiger partial charge on any atom is -0.289 e. The Kier molecular flexibility index (Phi) is 3.59. The van der Waals surface area contributed by atoms with Crippen LogP contribution in [0, 0.1) is 6.92 Å². The van der Waals surface area contributed by atoms with E-state index in [-0.39, 0.29) is 5.78 Å². The van der Waals surface area contributed by atoms with Crippen LogP contribution < -0.4 is 0 Å². The molecule has 2 aromatic rings. The minimum atomic E-state index is 0.0300. The van der Waals surface area contributed by atoms with E-state index in [2.05, 4.69) is 4.98 Å². The van der Waals surface area contributed by atoms with E-state index in [1.54, 1.807) is 18.0 Å². The van der Waals surface area contributed by atoms with Gasteiger partial charge in [-0.1, -0.05) is 12.1 Å². The van der Waals surface area contributed by atoms with Crippen molar-refractivity contribution in [3.05, 3.63) is 59.4 Å². The molecule has 2 rings (SSSR count). The van der Waals surface area contributed by atoms with E-state index in [1.807, 2.05) is 49.6 Å². The molecule has 0 fully saturated rings. The van der Waals surface area contributed by atoms with Gasteiger partial charge in [0, 0.05) is 27.9 Å². The van der Waals surface area contributed by atoms with Crippen LogP contribution in [-0.4, -0.2) is 17.0 Å². The van der Waals surface area contributed by atoms with Crippen LogP contribution in [0.25, 0.3) is 0 Å². The van der Waals surface area contributed by atoms with Crippen molar-refractivity contribution >= 4 is 17.5 Å². The van der Waals surface area contributed by atoms with Crippen molar-refractivity contribution in [3.63, 3.8) is 0 Å². The van der Waals surface area contributed by atoms with Gasteiger partial charge in [0.2, 0.25) is 0 Å². The van der Waals surface area contributed by atoms with Crippen LogP contribution in [0.5, 0.6) is 0 Å². The van der Waals surface area contributed by atoms with Gasteiger partial charge in [-0.05, 0) is 37.4 Å². The number of ketones is 1. The number of hydrogen-bond acceptors (Lipinski definition) is 3. The predicted octanol–water partition coefficient (Wildman–Crippen LogP) is 3.34. The number of carbonyl (C=O) groups excluding carboxylic acids is 1. The molecule has 1 aromatic heterocycles. The van der Waals surface area contributed by atoms with Crippen molar-refractivity contribution in [1.82, 2.24) is 4.98 Å². The molecule has 2 nitrogen and oxygen atoms in total. The average Bonchev–Trinajstić information content (AvgIpc) is 2.39. The summed E-state index contributed by atoms with van der Waals surface area (Å²) in [6.45, 7) is 1.91. The van der Waals surface area contributed by atoms with Crippen molar-refractivity contribution in [3.8, 4) is 0 Å². The Hall–Kier alpha value is -1.61. The molecule has 17 heavy (non-hydrogen) atoms. The normalized spacial score (nSPS) is 10.2. The standard InChI is InChI=1S/C14H13NOS/c1-10-7-8-11(9-15-10)14(16)12-5-3-4-6-13(12)17-2/h3-9H,1-2H3. The molecule has 0 saturated heterocycles. The zero-order valence-electron chi connectivity index (χ0n) is 9.81. The van der Waals surface area contributed by atoms with E-state index in [9.17, 15) is 4.79 Å². The van der Waals surface area contributed by atoms with Crippen LogP contribution in [0.4, 0.5) is 0 Å². The van der Waals surface area contributed by atoms with Gasteiger partial charge in [0.05, 0.1) is 0 Å². The van der Waals surface area contributed by atoms with Crippen molar-refractivity contribution in [2.75, 3.05) is 6.26 Å². The highest BCUT2D eigenvalue weighted by Gasteiger charge is 2.12. The quantitative estimate of drug-likeness (QED) is 0.611. The van der Waals surface area contributed by atoms with Crippen molar-refractivity contribution in [1.29, 1.82) is 0 Å². The average molecular weight is 243 g/mol. The summed E-state index contributed by atoms with van der Waals surface area (Å²) in [6.07, 6.45) is 3.61. The van der Waals surface area contributed by atoms with Gasteiger partial charge in [-0.3, -0.25) is 9.78 Å². The fraction of sp³-hybridized carbons (Fsp3) is 0.143. The molecule has 0 atom stereocenters. The first kappa shape index (κ1) is 11.9. The number of hydrogen-bond donors (Lipinski definition) is 0. The minimum absolute atomic E-state index is 0.0300. The summed E-state index contributed by atoms with van der Waals surface area (Å²) in [7, 11) is 0. The summed E-state index contributed by atoms with van der Waals surface area (Å²) in [5.74, 6) is 0.0300. The molecule has 86 valence electrons. The molecule has 0 unspecified atom stereocenters. The highest BCUT2D eigenvalue weighted by atomic mass is 32.2. The maximum absolute atomic E-state index is 12.3. The predicted molar refractivity (Wildman–Crippen MR) is 70.6 cm³/mol. The summed E-state index contributed by atoms with van der Waals surface area (Å²) in [5.41, 5.74) is 2.29. The van der Waals surface area contributed by atoms with Gasteiger partial charge in [-0.2, -0.15) is 0 Å². The van der Waals surface area contributed by atoms with Gasteiger partial charge in [-0.25, -0.2) is 0 Å². The lowest BCUT2D eigenvalue weighted by atomic mass is 10.0. The van der Waals surface area contributed by atoms with Gasteiger partial charge >= 0.3 is 0 Å². The third-order valence-electron chi connectivity index (χ3n) is 2.53.